The zero-order chi connectivity index (χ0) is 19.4. The molecular weight excluding hydrogens is 340 g/mol. The van der Waals surface area contributed by atoms with Crippen LogP contribution in [0.4, 0.5) is 10.6 Å². The van der Waals surface area contributed by atoms with Gasteiger partial charge in [0.05, 0.1) is 25.4 Å². The fourth-order valence-electron chi connectivity index (χ4n) is 3.91. The highest BCUT2D eigenvalue weighted by Crippen LogP contribution is 2.33. The Morgan fingerprint density at radius 3 is 2.67 bits per heavy atom. The number of anilines is 1. The van der Waals surface area contributed by atoms with Gasteiger partial charge < -0.3 is 9.64 Å². The van der Waals surface area contributed by atoms with Crippen LogP contribution in [0, 0.1) is 5.92 Å². The van der Waals surface area contributed by atoms with Gasteiger partial charge in [-0.1, -0.05) is 26.0 Å². The van der Waals surface area contributed by atoms with Gasteiger partial charge in [-0.2, -0.15) is 5.10 Å². The van der Waals surface area contributed by atoms with E-state index in [1.807, 2.05) is 39.9 Å². The van der Waals surface area contributed by atoms with E-state index in [9.17, 15) is 4.79 Å². The first kappa shape index (κ1) is 19.3. The fraction of sp³-hybridized carbons (Fsp3) is 0.524. The Kier molecular flexibility index (Phi) is 6.04. The van der Waals surface area contributed by atoms with Gasteiger partial charge in [-0.3, -0.25) is 5.32 Å². The number of hydrogen-bond acceptors (Lipinski definition) is 3. The zero-order valence-corrected chi connectivity index (χ0v) is 16.7. The van der Waals surface area contributed by atoms with Crippen molar-refractivity contribution in [1.29, 1.82) is 0 Å². The maximum atomic E-state index is 13.0. The molecule has 0 saturated carbocycles. The van der Waals surface area contributed by atoms with Crippen LogP contribution in [0.3, 0.4) is 0 Å². The summed E-state index contributed by atoms with van der Waals surface area (Å²) in [5.74, 6) is 2.16. The van der Waals surface area contributed by atoms with Gasteiger partial charge in [0.25, 0.3) is 0 Å². The molecule has 27 heavy (non-hydrogen) atoms. The summed E-state index contributed by atoms with van der Waals surface area (Å²) in [5.41, 5.74) is 1.14. The van der Waals surface area contributed by atoms with Gasteiger partial charge >= 0.3 is 6.03 Å². The molecule has 1 aromatic heterocycles. The Hall–Kier alpha value is -2.50. The van der Waals surface area contributed by atoms with Crippen LogP contribution in [0.25, 0.3) is 0 Å². The molecule has 0 aliphatic carbocycles. The number of methoxy groups -OCH3 is 1. The van der Waals surface area contributed by atoms with Crippen molar-refractivity contribution in [3.05, 3.63) is 42.1 Å². The Morgan fingerprint density at radius 2 is 2.00 bits per heavy atom. The number of rotatable bonds is 6. The maximum Gasteiger partial charge on any atom is 0.323 e. The van der Waals surface area contributed by atoms with Gasteiger partial charge in [-0.15, -0.1) is 0 Å². The fourth-order valence-corrected chi connectivity index (χ4v) is 3.91. The molecule has 0 bridgehead atoms. The molecule has 1 N–H and O–H groups in total. The van der Waals surface area contributed by atoms with Gasteiger partial charge in [0, 0.05) is 12.6 Å². The van der Waals surface area contributed by atoms with E-state index in [1.54, 1.807) is 13.3 Å². The normalized spacial score (nSPS) is 18.0. The minimum atomic E-state index is -0.0631. The van der Waals surface area contributed by atoms with E-state index in [4.69, 9.17) is 4.74 Å². The molecule has 2 heterocycles. The Labute approximate surface area is 161 Å². The number of ether oxygens (including phenoxy) is 1. The zero-order valence-electron chi connectivity index (χ0n) is 16.7. The molecule has 2 aromatic rings. The van der Waals surface area contributed by atoms with Crippen LogP contribution in [0.5, 0.6) is 5.75 Å². The van der Waals surface area contributed by atoms with Crippen molar-refractivity contribution in [2.75, 3.05) is 19.0 Å². The van der Waals surface area contributed by atoms with Gasteiger partial charge in [0.2, 0.25) is 0 Å². The van der Waals surface area contributed by atoms with Crippen LogP contribution in [0.1, 0.15) is 57.7 Å². The van der Waals surface area contributed by atoms with Crippen molar-refractivity contribution >= 4 is 11.8 Å². The second kappa shape index (κ2) is 8.46. The largest absolute Gasteiger partial charge is 0.497 e. The smallest absolute Gasteiger partial charge is 0.323 e. The lowest BCUT2D eigenvalue weighted by molar-refractivity contribution is 0.206. The molecule has 2 unspecified atom stereocenters. The van der Waals surface area contributed by atoms with E-state index < -0.39 is 0 Å². The van der Waals surface area contributed by atoms with Crippen molar-refractivity contribution in [2.45, 2.75) is 52.1 Å². The second-order valence-electron chi connectivity index (χ2n) is 7.69. The number of carbonyl (C=O) groups is 1. The number of carbonyl (C=O) groups excluding carboxylic acids is 1. The minimum absolute atomic E-state index is 0.0631. The first-order valence-electron chi connectivity index (χ1n) is 9.74. The van der Waals surface area contributed by atoms with E-state index in [-0.39, 0.29) is 18.1 Å². The molecule has 1 aliphatic rings. The summed E-state index contributed by atoms with van der Waals surface area (Å²) in [6.07, 6.45) is 4.75. The van der Waals surface area contributed by atoms with Crippen molar-refractivity contribution in [3.8, 4) is 5.75 Å². The van der Waals surface area contributed by atoms with Crippen LogP contribution < -0.4 is 10.1 Å². The third-order valence-electron chi connectivity index (χ3n) is 5.15. The molecule has 6 heteroatoms. The summed E-state index contributed by atoms with van der Waals surface area (Å²) in [6, 6.07) is 10.1. The molecule has 146 valence electrons. The van der Waals surface area contributed by atoms with Gasteiger partial charge in [-0.25, -0.2) is 9.48 Å². The van der Waals surface area contributed by atoms with E-state index in [0.29, 0.717) is 5.92 Å². The average Bonchev–Trinajstić information content (AvgIpc) is 3.30. The first-order chi connectivity index (χ1) is 13.0. The quantitative estimate of drug-likeness (QED) is 0.789. The van der Waals surface area contributed by atoms with Gasteiger partial charge in [-0.05, 0) is 49.8 Å². The van der Waals surface area contributed by atoms with Crippen LogP contribution in [0.2, 0.25) is 0 Å². The monoisotopic (exact) mass is 370 g/mol. The molecule has 1 aromatic carbocycles. The Morgan fingerprint density at radius 1 is 1.26 bits per heavy atom. The molecular formula is C21H30N4O2. The van der Waals surface area contributed by atoms with E-state index in [0.717, 1.165) is 42.9 Å². The molecule has 1 saturated heterocycles. The minimum Gasteiger partial charge on any atom is -0.497 e. The number of benzene rings is 1. The summed E-state index contributed by atoms with van der Waals surface area (Å²) in [6.45, 7) is 7.29. The summed E-state index contributed by atoms with van der Waals surface area (Å²) in [5, 5.41) is 7.49. The predicted molar refractivity (Wildman–Crippen MR) is 107 cm³/mol. The SMILES string of the molecule is COc1ccc(C2CCCN2C(=O)Nc2ccnn2C(C)CC(C)C)cc1. The highest BCUT2D eigenvalue weighted by molar-refractivity contribution is 5.89. The molecule has 2 amide bonds. The lowest BCUT2D eigenvalue weighted by Crippen LogP contribution is -2.35. The summed E-state index contributed by atoms with van der Waals surface area (Å²) in [4.78, 5) is 14.9. The summed E-state index contributed by atoms with van der Waals surface area (Å²) < 4.78 is 7.15. The van der Waals surface area contributed by atoms with E-state index >= 15 is 0 Å². The highest BCUT2D eigenvalue weighted by atomic mass is 16.5. The molecule has 6 nitrogen and oxygen atoms in total. The number of amides is 2. The van der Waals surface area contributed by atoms with Crippen molar-refractivity contribution in [1.82, 2.24) is 14.7 Å². The maximum absolute atomic E-state index is 13.0. The van der Waals surface area contributed by atoms with Crippen molar-refractivity contribution in [2.24, 2.45) is 5.92 Å². The van der Waals surface area contributed by atoms with Crippen molar-refractivity contribution in [3.63, 3.8) is 0 Å². The van der Waals surface area contributed by atoms with Gasteiger partial charge in [0.1, 0.15) is 11.6 Å². The number of nitrogens with zero attached hydrogens (tertiary/aromatic N) is 3. The molecule has 0 spiro atoms. The van der Waals surface area contributed by atoms with Crippen LogP contribution >= 0.6 is 0 Å². The topological polar surface area (TPSA) is 59.4 Å². The lowest BCUT2D eigenvalue weighted by Gasteiger charge is -2.26. The summed E-state index contributed by atoms with van der Waals surface area (Å²) >= 11 is 0. The van der Waals surface area contributed by atoms with Crippen LogP contribution in [-0.4, -0.2) is 34.4 Å². The van der Waals surface area contributed by atoms with E-state index in [2.05, 4.69) is 31.2 Å². The number of urea groups is 1. The van der Waals surface area contributed by atoms with Gasteiger partial charge in [0.15, 0.2) is 0 Å². The third-order valence-corrected chi connectivity index (χ3v) is 5.15. The predicted octanol–water partition coefficient (Wildman–Crippen LogP) is 4.87. The van der Waals surface area contributed by atoms with Crippen molar-refractivity contribution < 1.29 is 9.53 Å². The first-order valence-corrected chi connectivity index (χ1v) is 9.74. The standard InChI is InChI=1S/C21H30N4O2/c1-15(2)14-16(3)25-20(11-12-22-25)23-21(26)24-13-5-6-19(24)17-7-9-18(27-4)10-8-17/h7-12,15-16,19H,5-6,13-14H2,1-4H3,(H,23,26). The lowest BCUT2D eigenvalue weighted by atomic mass is 10.0. The van der Waals surface area contributed by atoms with Crippen LogP contribution in [0.15, 0.2) is 36.5 Å². The molecule has 1 aliphatic heterocycles. The number of nitrogens with one attached hydrogen (secondary N) is 1. The number of aromatic nitrogens is 2. The molecule has 3 rings (SSSR count). The Bertz CT molecular complexity index is 754. The Balaban J connectivity index is 1.71. The van der Waals surface area contributed by atoms with E-state index in [1.165, 1.54) is 0 Å². The number of likely N-dealkylation sites (tertiary alicyclic amines) is 1. The third kappa shape index (κ3) is 4.43. The van der Waals surface area contributed by atoms with Crippen LogP contribution in [-0.2, 0) is 0 Å². The highest BCUT2D eigenvalue weighted by Gasteiger charge is 2.30. The molecule has 2 atom stereocenters. The number of hydrogen-bond donors (Lipinski definition) is 1. The summed E-state index contributed by atoms with van der Waals surface area (Å²) in [7, 11) is 1.66. The molecule has 1 fully saturated rings. The average molecular weight is 370 g/mol. The molecule has 0 radical (unpaired) electrons. The second-order valence-corrected chi connectivity index (χ2v) is 7.69.